The second-order valence-corrected chi connectivity index (χ2v) is 7.52. The Kier molecular flexibility index (Phi) is 5.74. The van der Waals surface area contributed by atoms with E-state index in [0.717, 1.165) is 10.6 Å². The molecule has 0 aliphatic carbocycles. The van der Waals surface area contributed by atoms with E-state index >= 15 is 0 Å². The van der Waals surface area contributed by atoms with Gasteiger partial charge in [-0.05, 0) is 36.8 Å². The molecule has 0 radical (unpaired) electrons. The second kappa shape index (κ2) is 7.45. The smallest absolute Gasteiger partial charge is 0.266 e. The molecule has 0 bridgehead atoms. The molecule has 3 rings (SSSR count). The number of halogens is 2. The predicted molar refractivity (Wildman–Crippen MR) is 99.4 cm³/mol. The molecule has 132 valence electrons. The standard InChI is InChI=1S/C9H8ClN3O3S.C7H7Cl/c10-4-1-2-6-5(3-4)8(17(12,15)16)7(13-6)9(11)14;1-6-4-2-3-5-7(6)8/h1-3,13H,(H2,11,14)(H2,12,15,16);2-5H,1H3. The van der Waals surface area contributed by atoms with E-state index in [9.17, 15) is 13.2 Å². The van der Waals surface area contributed by atoms with E-state index in [0.29, 0.717) is 10.5 Å². The van der Waals surface area contributed by atoms with Crippen LogP contribution in [0.3, 0.4) is 0 Å². The SMILES string of the molecule is Cc1ccccc1Cl.NC(=O)c1[nH]c2ccc(Cl)cc2c1S(N)(=O)=O. The van der Waals surface area contributed by atoms with Crippen LogP contribution < -0.4 is 10.9 Å². The van der Waals surface area contributed by atoms with Crippen molar-refractivity contribution in [3.05, 3.63) is 63.8 Å². The van der Waals surface area contributed by atoms with Crippen LogP contribution in [0, 0.1) is 6.92 Å². The number of primary sulfonamides is 1. The quantitative estimate of drug-likeness (QED) is 0.613. The third-order valence-electron chi connectivity index (χ3n) is 3.32. The number of hydrogen-bond donors (Lipinski definition) is 3. The molecule has 2 aromatic carbocycles. The fourth-order valence-corrected chi connectivity index (χ4v) is 3.38. The van der Waals surface area contributed by atoms with Crippen molar-refractivity contribution in [2.24, 2.45) is 10.9 Å². The maximum absolute atomic E-state index is 11.5. The molecule has 1 aromatic heterocycles. The van der Waals surface area contributed by atoms with Gasteiger partial charge in [0.25, 0.3) is 5.91 Å². The summed E-state index contributed by atoms with van der Waals surface area (Å²) in [6, 6.07) is 12.3. The number of aromatic amines is 1. The highest BCUT2D eigenvalue weighted by Crippen LogP contribution is 2.28. The molecular weight excluding hydrogens is 385 g/mol. The Hall–Kier alpha value is -2.06. The molecule has 3 aromatic rings. The number of benzene rings is 2. The molecule has 0 saturated carbocycles. The predicted octanol–water partition coefficient (Wildman–Crippen LogP) is 3.22. The zero-order valence-electron chi connectivity index (χ0n) is 13.1. The highest BCUT2D eigenvalue weighted by atomic mass is 35.5. The van der Waals surface area contributed by atoms with Crippen molar-refractivity contribution in [1.29, 1.82) is 0 Å². The first-order chi connectivity index (χ1) is 11.6. The van der Waals surface area contributed by atoms with Gasteiger partial charge in [0.15, 0.2) is 0 Å². The number of amides is 1. The van der Waals surface area contributed by atoms with E-state index in [2.05, 4.69) is 4.98 Å². The van der Waals surface area contributed by atoms with Crippen molar-refractivity contribution in [1.82, 2.24) is 4.98 Å². The molecule has 0 atom stereocenters. The molecule has 0 fully saturated rings. The van der Waals surface area contributed by atoms with Crippen LogP contribution >= 0.6 is 23.2 Å². The fourth-order valence-electron chi connectivity index (χ4n) is 2.16. The number of nitrogens with one attached hydrogen (secondary N) is 1. The Balaban J connectivity index is 0.000000236. The van der Waals surface area contributed by atoms with Gasteiger partial charge < -0.3 is 10.7 Å². The Labute approximate surface area is 154 Å². The number of aromatic nitrogens is 1. The van der Waals surface area contributed by atoms with E-state index < -0.39 is 15.9 Å². The molecule has 5 N–H and O–H groups in total. The van der Waals surface area contributed by atoms with Gasteiger partial charge in [0.1, 0.15) is 10.6 Å². The van der Waals surface area contributed by atoms with Gasteiger partial charge in [0.2, 0.25) is 10.0 Å². The first-order valence-electron chi connectivity index (χ1n) is 6.96. The van der Waals surface area contributed by atoms with Gasteiger partial charge in [-0.25, -0.2) is 13.6 Å². The number of rotatable bonds is 2. The van der Waals surface area contributed by atoms with E-state index in [1.807, 2.05) is 31.2 Å². The number of carbonyl (C=O) groups is 1. The van der Waals surface area contributed by atoms with Crippen LogP contribution in [0.2, 0.25) is 10.0 Å². The lowest BCUT2D eigenvalue weighted by Crippen LogP contribution is -2.19. The highest BCUT2D eigenvalue weighted by Gasteiger charge is 2.24. The van der Waals surface area contributed by atoms with Gasteiger partial charge in [-0.2, -0.15) is 0 Å². The van der Waals surface area contributed by atoms with Crippen LogP contribution in [0.15, 0.2) is 47.4 Å². The van der Waals surface area contributed by atoms with Gasteiger partial charge in [0.05, 0.1) is 0 Å². The lowest BCUT2D eigenvalue weighted by atomic mass is 10.2. The summed E-state index contributed by atoms with van der Waals surface area (Å²) in [6.07, 6.45) is 0. The highest BCUT2D eigenvalue weighted by molar-refractivity contribution is 7.89. The van der Waals surface area contributed by atoms with Crippen molar-refractivity contribution in [2.75, 3.05) is 0 Å². The third kappa shape index (κ3) is 4.52. The first-order valence-corrected chi connectivity index (χ1v) is 9.26. The topological polar surface area (TPSA) is 119 Å². The van der Waals surface area contributed by atoms with Crippen LogP contribution in [0.25, 0.3) is 10.9 Å². The minimum absolute atomic E-state index is 0.244. The molecule has 25 heavy (non-hydrogen) atoms. The molecule has 1 amide bonds. The average Bonchev–Trinajstić information content (AvgIpc) is 2.90. The van der Waals surface area contributed by atoms with Gasteiger partial charge in [-0.3, -0.25) is 4.79 Å². The van der Waals surface area contributed by atoms with Crippen molar-refractivity contribution in [3.63, 3.8) is 0 Å². The maximum Gasteiger partial charge on any atom is 0.266 e. The minimum Gasteiger partial charge on any atom is -0.364 e. The van der Waals surface area contributed by atoms with Gasteiger partial charge >= 0.3 is 0 Å². The Morgan fingerprint density at radius 3 is 2.24 bits per heavy atom. The summed E-state index contributed by atoms with van der Waals surface area (Å²) in [6.45, 7) is 1.99. The summed E-state index contributed by atoms with van der Waals surface area (Å²) < 4.78 is 22.9. The molecule has 0 spiro atoms. The van der Waals surface area contributed by atoms with Crippen LogP contribution in [0.4, 0.5) is 0 Å². The molecule has 0 saturated heterocycles. The van der Waals surface area contributed by atoms with Gasteiger partial charge in [-0.15, -0.1) is 0 Å². The van der Waals surface area contributed by atoms with E-state index in [1.165, 1.54) is 6.07 Å². The summed E-state index contributed by atoms with van der Waals surface area (Å²) in [5, 5.41) is 6.47. The lowest BCUT2D eigenvalue weighted by molar-refractivity contribution is 0.0993. The molecular formula is C16H15Cl2N3O3S. The second-order valence-electron chi connectivity index (χ2n) is 5.18. The number of nitrogens with two attached hydrogens (primary N) is 2. The third-order valence-corrected chi connectivity index (χ3v) is 4.97. The molecule has 1 heterocycles. The first kappa shape index (κ1) is 19.3. The fraction of sp³-hybridized carbons (Fsp3) is 0.0625. The molecule has 0 aliphatic heterocycles. The number of fused-ring (bicyclic) bond motifs is 1. The number of carbonyl (C=O) groups excluding carboxylic acids is 1. The summed E-state index contributed by atoms with van der Waals surface area (Å²) in [7, 11) is -4.07. The van der Waals surface area contributed by atoms with Crippen molar-refractivity contribution >= 4 is 50.0 Å². The number of aryl methyl sites for hydroxylation is 1. The van der Waals surface area contributed by atoms with E-state index in [-0.39, 0.29) is 16.0 Å². The molecule has 6 nitrogen and oxygen atoms in total. The van der Waals surface area contributed by atoms with Crippen LogP contribution in [-0.4, -0.2) is 19.3 Å². The zero-order chi connectivity index (χ0) is 18.8. The average molecular weight is 400 g/mol. The monoisotopic (exact) mass is 399 g/mol. The Morgan fingerprint density at radius 1 is 1.12 bits per heavy atom. The molecule has 0 aliphatic rings. The number of primary amides is 1. The van der Waals surface area contributed by atoms with Crippen LogP contribution in [0.1, 0.15) is 16.1 Å². The van der Waals surface area contributed by atoms with Crippen LogP contribution in [0.5, 0.6) is 0 Å². The van der Waals surface area contributed by atoms with E-state index in [4.69, 9.17) is 34.1 Å². The number of sulfonamides is 1. The summed E-state index contributed by atoms with van der Waals surface area (Å²) >= 11 is 11.5. The molecule has 0 unspecified atom stereocenters. The summed E-state index contributed by atoms with van der Waals surface area (Å²) in [5.41, 5.74) is 6.40. The summed E-state index contributed by atoms with van der Waals surface area (Å²) in [5.74, 6) is -0.902. The van der Waals surface area contributed by atoms with E-state index in [1.54, 1.807) is 12.1 Å². The minimum atomic E-state index is -4.07. The normalized spacial score (nSPS) is 11.0. The van der Waals surface area contributed by atoms with Gasteiger partial charge in [-0.1, -0.05) is 41.4 Å². The summed E-state index contributed by atoms with van der Waals surface area (Å²) in [4.78, 5) is 13.4. The molecule has 9 heteroatoms. The number of H-pyrrole nitrogens is 1. The largest absolute Gasteiger partial charge is 0.364 e. The zero-order valence-corrected chi connectivity index (χ0v) is 15.4. The van der Waals surface area contributed by atoms with Crippen LogP contribution in [-0.2, 0) is 10.0 Å². The van der Waals surface area contributed by atoms with Gasteiger partial charge in [0, 0.05) is 20.9 Å². The van der Waals surface area contributed by atoms with Crippen molar-refractivity contribution < 1.29 is 13.2 Å². The maximum atomic E-state index is 11.5. The van der Waals surface area contributed by atoms with Crippen molar-refractivity contribution in [2.45, 2.75) is 11.8 Å². The number of hydrogen-bond acceptors (Lipinski definition) is 3. The Bertz CT molecular complexity index is 1020. The Morgan fingerprint density at radius 2 is 1.76 bits per heavy atom. The lowest BCUT2D eigenvalue weighted by Gasteiger charge is -1.98. The van der Waals surface area contributed by atoms with Crippen molar-refractivity contribution in [3.8, 4) is 0 Å².